The van der Waals surface area contributed by atoms with Crippen LogP contribution in [0.2, 0.25) is 5.02 Å². The summed E-state index contributed by atoms with van der Waals surface area (Å²) in [5, 5.41) is 11.7. The number of aromatic nitrogens is 2. The van der Waals surface area contributed by atoms with Gasteiger partial charge in [-0.05, 0) is 18.2 Å². The molecule has 0 fully saturated rings. The van der Waals surface area contributed by atoms with Crippen molar-refractivity contribution in [2.24, 2.45) is 0 Å². The number of carbonyl (C=O) groups is 2. The first-order valence-corrected chi connectivity index (χ1v) is 7.78. The summed E-state index contributed by atoms with van der Waals surface area (Å²) >= 11 is 6.03. The van der Waals surface area contributed by atoms with Crippen molar-refractivity contribution in [2.75, 3.05) is 26.1 Å². The zero-order valence-electron chi connectivity index (χ0n) is 13.8. The summed E-state index contributed by atoms with van der Waals surface area (Å²) in [4.78, 5) is 27.7. The minimum absolute atomic E-state index is 0.0541. The molecule has 0 spiro atoms. The predicted octanol–water partition coefficient (Wildman–Crippen LogP) is 1.59. The van der Waals surface area contributed by atoms with Crippen LogP contribution in [-0.4, -0.2) is 42.8 Å². The second-order valence-electron chi connectivity index (χ2n) is 4.93. The van der Waals surface area contributed by atoms with Crippen LogP contribution in [0.1, 0.15) is 22.1 Å². The molecule has 10 heteroatoms. The Balaban J connectivity index is 1.91. The number of halogens is 1. The van der Waals surface area contributed by atoms with Crippen molar-refractivity contribution < 1.29 is 18.8 Å². The highest BCUT2D eigenvalue weighted by Gasteiger charge is 2.11. The van der Waals surface area contributed by atoms with E-state index in [0.717, 1.165) is 0 Å². The van der Waals surface area contributed by atoms with Gasteiger partial charge in [0.15, 0.2) is 5.82 Å². The lowest BCUT2D eigenvalue weighted by Gasteiger charge is -2.09. The average molecular weight is 368 g/mol. The van der Waals surface area contributed by atoms with E-state index in [2.05, 4.69) is 26.1 Å². The van der Waals surface area contributed by atoms with E-state index in [1.165, 1.54) is 19.2 Å². The summed E-state index contributed by atoms with van der Waals surface area (Å²) in [5.74, 6) is 0.487. The maximum absolute atomic E-state index is 12.0. The molecule has 0 saturated heterocycles. The van der Waals surface area contributed by atoms with Crippen LogP contribution in [0, 0.1) is 0 Å². The molecule has 0 aliphatic rings. The maximum atomic E-state index is 12.0. The van der Waals surface area contributed by atoms with Crippen LogP contribution in [0.3, 0.4) is 0 Å². The fraction of sp³-hybridized carbons (Fsp3) is 0.333. The molecule has 1 aromatic heterocycles. The molecule has 9 nitrogen and oxygen atoms in total. The maximum Gasteiger partial charge on any atom is 0.319 e. The van der Waals surface area contributed by atoms with Gasteiger partial charge in [-0.1, -0.05) is 16.8 Å². The summed E-state index contributed by atoms with van der Waals surface area (Å²) < 4.78 is 9.94. The summed E-state index contributed by atoms with van der Waals surface area (Å²) in [6.07, 6.45) is 0.522. The first-order chi connectivity index (χ1) is 12.0. The van der Waals surface area contributed by atoms with Crippen LogP contribution < -0.4 is 16.0 Å². The number of hydrogen-bond donors (Lipinski definition) is 3. The van der Waals surface area contributed by atoms with Crippen molar-refractivity contribution in [3.63, 3.8) is 0 Å². The van der Waals surface area contributed by atoms with Crippen LogP contribution in [0.5, 0.6) is 0 Å². The predicted molar refractivity (Wildman–Crippen MR) is 90.6 cm³/mol. The topological polar surface area (TPSA) is 118 Å². The van der Waals surface area contributed by atoms with Crippen LogP contribution in [0.15, 0.2) is 22.7 Å². The molecule has 0 atom stereocenters. The van der Waals surface area contributed by atoms with Gasteiger partial charge in [0, 0.05) is 26.1 Å². The van der Waals surface area contributed by atoms with Gasteiger partial charge in [0.1, 0.15) is 0 Å². The summed E-state index contributed by atoms with van der Waals surface area (Å²) in [7, 11) is 3.10. The van der Waals surface area contributed by atoms with Crippen LogP contribution >= 0.6 is 11.6 Å². The van der Waals surface area contributed by atoms with E-state index in [9.17, 15) is 9.59 Å². The van der Waals surface area contributed by atoms with Gasteiger partial charge in [-0.3, -0.25) is 4.79 Å². The van der Waals surface area contributed by atoms with Gasteiger partial charge >= 0.3 is 6.03 Å². The molecule has 0 unspecified atom stereocenters. The van der Waals surface area contributed by atoms with Crippen molar-refractivity contribution in [3.05, 3.63) is 40.5 Å². The molecule has 2 rings (SSSR count). The van der Waals surface area contributed by atoms with Gasteiger partial charge in [-0.15, -0.1) is 0 Å². The summed E-state index contributed by atoms with van der Waals surface area (Å²) in [6.45, 7) is 0.533. The van der Waals surface area contributed by atoms with E-state index in [4.69, 9.17) is 20.9 Å². The fourth-order valence-corrected chi connectivity index (χ4v) is 2.05. The number of rotatable bonds is 7. The number of methoxy groups -OCH3 is 1. The van der Waals surface area contributed by atoms with Crippen molar-refractivity contribution >= 4 is 29.2 Å². The quantitative estimate of drug-likeness (QED) is 0.684. The monoisotopic (exact) mass is 367 g/mol. The molecule has 0 radical (unpaired) electrons. The fourth-order valence-electron chi connectivity index (χ4n) is 1.89. The lowest BCUT2D eigenvalue weighted by Crippen LogP contribution is -2.28. The number of nitrogens with zero attached hydrogens (tertiary/aromatic N) is 2. The van der Waals surface area contributed by atoms with Gasteiger partial charge in [-0.25, -0.2) is 4.79 Å². The number of nitrogens with one attached hydrogen (secondary N) is 3. The Morgan fingerprint density at radius 2 is 2.16 bits per heavy atom. The average Bonchev–Trinajstić information content (AvgIpc) is 3.07. The Bertz CT molecular complexity index is 749. The smallest absolute Gasteiger partial charge is 0.319 e. The Hall–Kier alpha value is -2.65. The molecule has 3 N–H and O–H groups in total. The summed E-state index contributed by atoms with van der Waals surface area (Å²) in [6, 6.07) is 4.05. The van der Waals surface area contributed by atoms with Gasteiger partial charge in [-0.2, -0.15) is 4.98 Å². The molecule has 1 aromatic carbocycles. The van der Waals surface area contributed by atoms with Crippen molar-refractivity contribution in [2.45, 2.75) is 13.0 Å². The van der Waals surface area contributed by atoms with E-state index in [0.29, 0.717) is 35.1 Å². The van der Waals surface area contributed by atoms with Gasteiger partial charge in [0.25, 0.3) is 5.91 Å². The number of amides is 3. The summed E-state index contributed by atoms with van der Waals surface area (Å²) in [5.41, 5.74) is 0.688. The minimum atomic E-state index is -0.521. The lowest BCUT2D eigenvalue weighted by molar-refractivity contribution is 0.0963. The highest BCUT2D eigenvalue weighted by Crippen LogP contribution is 2.23. The molecule has 0 bridgehead atoms. The second-order valence-corrected chi connectivity index (χ2v) is 5.34. The van der Waals surface area contributed by atoms with E-state index >= 15 is 0 Å². The SMILES string of the molecule is CNC(=O)c1ccc(Cl)c(NC(=O)NCc2nc(CCOC)no2)c1. The van der Waals surface area contributed by atoms with E-state index in [-0.39, 0.29) is 18.3 Å². The molecule has 25 heavy (non-hydrogen) atoms. The van der Waals surface area contributed by atoms with E-state index in [1.54, 1.807) is 13.2 Å². The van der Waals surface area contributed by atoms with Crippen molar-refractivity contribution in [1.82, 2.24) is 20.8 Å². The third kappa shape index (κ3) is 5.44. The highest BCUT2D eigenvalue weighted by atomic mass is 35.5. The van der Waals surface area contributed by atoms with E-state index < -0.39 is 6.03 Å². The number of hydrogen-bond acceptors (Lipinski definition) is 6. The Labute approximate surface area is 149 Å². The number of benzene rings is 1. The first kappa shape index (κ1) is 18.7. The largest absolute Gasteiger partial charge is 0.384 e. The standard InChI is InChI=1S/C15H18ClN5O4/c1-17-14(22)9-3-4-10(16)11(7-9)19-15(23)18-8-13-20-12(21-25-13)5-6-24-2/h3-4,7H,5-6,8H2,1-2H3,(H,17,22)(H2,18,19,23). The third-order valence-electron chi connectivity index (χ3n) is 3.14. The van der Waals surface area contributed by atoms with Crippen LogP contribution in [-0.2, 0) is 17.7 Å². The molecule has 3 amide bonds. The van der Waals surface area contributed by atoms with Gasteiger partial charge in [0.05, 0.1) is 23.9 Å². The Kier molecular flexibility index (Phi) is 6.72. The van der Waals surface area contributed by atoms with Crippen molar-refractivity contribution in [1.29, 1.82) is 0 Å². The molecule has 0 aliphatic carbocycles. The second kappa shape index (κ2) is 9.00. The van der Waals surface area contributed by atoms with Crippen molar-refractivity contribution in [3.8, 4) is 0 Å². The number of carbonyl (C=O) groups excluding carboxylic acids is 2. The molecule has 0 saturated carbocycles. The number of urea groups is 1. The number of ether oxygens (including phenoxy) is 1. The minimum Gasteiger partial charge on any atom is -0.384 e. The van der Waals surface area contributed by atoms with Crippen LogP contribution in [0.25, 0.3) is 0 Å². The number of anilines is 1. The van der Waals surface area contributed by atoms with Gasteiger partial charge < -0.3 is 25.2 Å². The third-order valence-corrected chi connectivity index (χ3v) is 3.47. The lowest BCUT2D eigenvalue weighted by atomic mass is 10.2. The molecule has 1 heterocycles. The normalized spacial score (nSPS) is 10.4. The van der Waals surface area contributed by atoms with Gasteiger partial charge in [0.2, 0.25) is 5.89 Å². The Morgan fingerprint density at radius 1 is 1.36 bits per heavy atom. The first-order valence-electron chi connectivity index (χ1n) is 7.40. The highest BCUT2D eigenvalue weighted by molar-refractivity contribution is 6.33. The zero-order valence-corrected chi connectivity index (χ0v) is 14.5. The zero-order chi connectivity index (χ0) is 18.2. The van der Waals surface area contributed by atoms with E-state index in [1.807, 2.05) is 0 Å². The van der Waals surface area contributed by atoms with Crippen LogP contribution in [0.4, 0.5) is 10.5 Å². The molecule has 134 valence electrons. The molecular weight excluding hydrogens is 350 g/mol. The molecule has 0 aliphatic heterocycles. The molecular formula is C15H18ClN5O4. The Morgan fingerprint density at radius 3 is 2.88 bits per heavy atom. The molecule has 2 aromatic rings.